The largest absolute Gasteiger partial charge is 0.328 e. The molecule has 0 heterocycles. The molecule has 0 aliphatic carbocycles. The van der Waals surface area contributed by atoms with Crippen molar-refractivity contribution in [2.24, 2.45) is 0 Å². The fourth-order valence-corrected chi connectivity index (χ4v) is 1.78. The maximum absolute atomic E-state index is 10.6. The summed E-state index contributed by atoms with van der Waals surface area (Å²) in [5.41, 5.74) is 3.39. The number of benzene rings is 1. The van der Waals surface area contributed by atoms with E-state index < -0.39 is 0 Å². The molecule has 1 aromatic carbocycles. The van der Waals surface area contributed by atoms with Crippen LogP contribution in [0.2, 0.25) is 0 Å². The van der Waals surface area contributed by atoms with Crippen LogP contribution in [0.1, 0.15) is 50.7 Å². The lowest BCUT2D eigenvalue weighted by molar-refractivity contribution is -0.105. The van der Waals surface area contributed by atoms with Crippen LogP contribution >= 0.6 is 0 Å². The molecule has 0 saturated carbocycles. The summed E-state index contributed by atoms with van der Waals surface area (Å²) in [6, 6.07) is 6.20. The van der Waals surface area contributed by atoms with Crippen LogP contribution in [0, 0.1) is 0 Å². The van der Waals surface area contributed by atoms with Gasteiger partial charge in [-0.2, -0.15) is 0 Å². The molecule has 0 bridgehead atoms. The smallest absolute Gasteiger partial charge is 0.211 e. The minimum Gasteiger partial charge on any atom is -0.328 e. The van der Waals surface area contributed by atoms with Gasteiger partial charge in [0.2, 0.25) is 6.41 Å². The quantitative estimate of drug-likeness (QED) is 0.749. The molecular weight excluding hydrogens is 186 g/mol. The molecule has 15 heavy (non-hydrogen) atoms. The fourth-order valence-electron chi connectivity index (χ4n) is 1.78. The van der Waals surface area contributed by atoms with Crippen molar-refractivity contribution in [3.63, 3.8) is 0 Å². The molecule has 1 amide bonds. The highest BCUT2D eigenvalue weighted by molar-refractivity contribution is 5.76. The van der Waals surface area contributed by atoms with Gasteiger partial charge in [-0.15, -0.1) is 0 Å². The highest BCUT2D eigenvalue weighted by atomic mass is 16.1. The molecule has 1 aromatic rings. The Morgan fingerprint density at radius 3 is 1.87 bits per heavy atom. The van der Waals surface area contributed by atoms with Crippen LogP contribution in [0.15, 0.2) is 18.2 Å². The summed E-state index contributed by atoms with van der Waals surface area (Å²) in [7, 11) is 0. The summed E-state index contributed by atoms with van der Waals surface area (Å²) in [5, 5.41) is 2.83. The van der Waals surface area contributed by atoms with Crippen molar-refractivity contribution in [1.29, 1.82) is 0 Å². The first-order valence-electron chi connectivity index (χ1n) is 5.41. The van der Waals surface area contributed by atoms with Crippen molar-refractivity contribution < 1.29 is 4.79 Å². The number of nitrogens with one attached hydrogen (secondary N) is 1. The van der Waals surface area contributed by atoms with Gasteiger partial charge >= 0.3 is 0 Å². The van der Waals surface area contributed by atoms with E-state index in [0.717, 1.165) is 12.1 Å². The predicted octanol–water partition coefficient (Wildman–Crippen LogP) is 3.50. The number of para-hydroxylation sites is 1. The van der Waals surface area contributed by atoms with E-state index in [0.29, 0.717) is 11.8 Å². The van der Waals surface area contributed by atoms with E-state index in [9.17, 15) is 4.79 Å². The Morgan fingerprint density at radius 1 is 1.07 bits per heavy atom. The predicted molar refractivity (Wildman–Crippen MR) is 64.3 cm³/mol. The van der Waals surface area contributed by atoms with Crippen molar-refractivity contribution in [2.75, 3.05) is 5.32 Å². The van der Waals surface area contributed by atoms with Crippen LogP contribution in [-0.4, -0.2) is 6.41 Å². The van der Waals surface area contributed by atoms with Gasteiger partial charge in [0.25, 0.3) is 0 Å². The number of rotatable bonds is 4. The normalized spacial score (nSPS) is 10.8. The van der Waals surface area contributed by atoms with Gasteiger partial charge in [-0.3, -0.25) is 4.79 Å². The van der Waals surface area contributed by atoms with Gasteiger partial charge in [0.1, 0.15) is 0 Å². The third kappa shape index (κ3) is 2.58. The molecule has 82 valence electrons. The molecule has 0 aliphatic heterocycles. The minimum absolute atomic E-state index is 0.422. The van der Waals surface area contributed by atoms with Crippen molar-refractivity contribution in [2.45, 2.75) is 39.5 Å². The standard InChI is InChI=1S/C13H19NO/c1-9(2)11-6-5-7-12(10(3)4)13(11)14-8-15/h5-10H,1-4H3,(H,14,15). The van der Waals surface area contributed by atoms with Gasteiger partial charge in [-0.05, 0) is 23.0 Å². The molecule has 0 fully saturated rings. The molecule has 0 aromatic heterocycles. The van der Waals surface area contributed by atoms with Crippen LogP contribution in [-0.2, 0) is 4.79 Å². The molecule has 1 rings (SSSR count). The second kappa shape index (κ2) is 4.96. The van der Waals surface area contributed by atoms with E-state index in [-0.39, 0.29) is 0 Å². The van der Waals surface area contributed by atoms with Crippen LogP contribution < -0.4 is 5.32 Å². The zero-order valence-corrected chi connectivity index (χ0v) is 9.87. The first-order chi connectivity index (χ1) is 7.07. The average molecular weight is 205 g/mol. The Hall–Kier alpha value is -1.31. The first kappa shape index (κ1) is 11.8. The highest BCUT2D eigenvalue weighted by Gasteiger charge is 2.12. The SMILES string of the molecule is CC(C)c1cccc(C(C)C)c1NC=O. The van der Waals surface area contributed by atoms with E-state index >= 15 is 0 Å². The molecule has 2 nitrogen and oxygen atoms in total. The molecule has 1 N–H and O–H groups in total. The molecule has 0 aliphatic rings. The monoisotopic (exact) mass is 205 g/mol. The topological polar surface area (TPSA) is 29.1 Å². The van der Waals surface area contributed by atoms with Crippen LogP contribution in [0.3, 0.4) is 0 Å². The van der Waals surface area contributed by atoms with Gasteiger partial charge in [0, 0.05) is 5.69 Å². The summed E-state index contributed by atoms with van der Waals surface area (Å²) >= 11 is 0. The number of hydrogen-bond donors (Lipinski definition) is 1. The van der Waals surface area contributed by atoms with E-state index in [1.165, 1.54) is 11.1 Å². The number of anilines is 1. The maximum atomic E-state index is 10.6. The zero-order chi connectivity index (χ0) is 11.4. The summed E-state index contributed by atoms with van der Waals surface area (Å²) in [6.45, 7) is 8.54. The summed E-state index contributed by atoms with van der Waals surface area (Å²) in [5.74, 6) is 0.845. The van der Waals surface area contributed by atoms with Crippen LogP contribution in [0.4, 0.5) is 5.69 Å². The van der Waals surface area contributed by atoms with Crippen molar-refractivity contribution >= 4 is 12.1 Å². The molecule has 0 unspecified atom stereocenters. The first-order valence-corrected chi connectivity index (χ1v) is 5.41. The Balaban J connectivity index is 3.27. The molecule has 0 spiro atoms. The molecule has 0 radical (unpaired) electrons. The second-order valence-corrected chi connectivity index (χ2v) is 4.38. The highest BCUT2D eigenvalue weighted by Crippen LogP contribution is 2.31. The molecular formula is C13H19NO. The Labute approximate surface area is 91.7 Å². The summed E-state index contributed by atoms with van der Waals surface area (Å²) in [6.07, 6.45) is 0.757. The fraction of sp³-hybridized carbons (Fsp3) is 0.462. The third-order valence-corrected chi connectivity index (χ3v) is 2.58. The van der Waals surface area contributed by atoms with E-state index in [2.05, 4.69) is 51.2 Å². The number of carbonyl (C=O) groups excluding carboxylic acids is 1. The van der Waals surface area contributed by atoms with Gasteiger partial charge in [0.15, 0.2) is 0 Å². The Morgan fingerprint density at radius 2 is 1.53 bits per heavy atom. The zero-order valence-electron chi connectivity index (χ0n) is 9.87. The molecule has 2 heteroatoms. The molecule has 0 atom stereocenters. The third-order valence-electron chi connectivity index (χ3n) is 2.58. The number of amides is 1. The van der Waals surface area contributed by atoms with Crippen LogP contribution in [0.5, 0.6) is 0 Å². The summed E-state index contributed by atoms with van der Waals surface area (Å²) < 4.78 is 0. The lowest BCUT2D eigenvalue weighted by atomic mass is 9.93. The van der Waals surface area contributed by atoms with Gasteiger partial charge in [0.05, 0.1) is 0 Å². The minimum atomic E-state index is 0.422. The van der Waals surface area contributed by atoms with Gasteiger partial charge in [-0.1, -0.05) is 45.9 Å². The maximum Gasteiger partial charge on any atom is 0.211 e. The van der Waals surface area contributed by atoms with Gasteiger partial charge in [-0.25, -0.2) is 0 Å². The van der Waals surface area contributed by atoms with Gasteiger partial charge < -0.3 is 5.32 Å². The van der Waals surface area contributed by atoms with Crippen LogP contribution in [0.25, 0.3) is 0 Å². The molecule has 0 saturated heterocycles. The lowest BCUT2D eigenvalue weighted by Gasteiger charge is -2.18. The summed E-state index contributed by atoms with van der Waals surface area (Å²) in [4.78, 5) is 10.6. The second-order valence-electron chi connectivity index (χ2n) is 4.38. The van der Waals surface area contributed by atoms with Crippen molar-refractivity contribution in [3.05, 3.63) is 29.3 Å². The Bertz CT molecular complexity index is 316. The van der Waals surface area contributed by atoms with E-state index in [4.69, 9.17) is 0 Å². The van der Waals surface area contributed by atoms with Crippen molar-refractivity contribution in [3.8, 4) is 0 Å². The van der Waals surface area contributed by atoms with E-state index in [1.807, 2.05) is 0 Å². The lowest BCUT2D eigenvalue weighted by Crippen LogP contribution is -2.05. The van der Waals surface area contributed by atoms with E-state index in [1.54, 1.807) is 0 Å². The van der Waals surface area contributed by atoms with Crippen molar-refractivity contribution in [1.82, 2.24) is 0 Å². The number of carbonyl (C=O) groups is 1. The number of hydrogen-bond acceptors (Lipinski definition) is 1. The average Bonchev–Trinajstić information content (AvgIpc) is 2.17. The Kier molecular flexibility index (Phi) is 3.89.